The highest BCUT2D eigenvalue weighted by atomic mass is 19.4. The summed E-state index contributed by atoms with van der Waals surface area (Å²) in [5.41, 5.74) is 8.17. The maximum atomic E-state index is 13.5. The van der Waals surface area contributed by atoms with E-state index < -0.39 is 17.8 Å². The summed E-state index contributed by atoms with van der Waals surface area (Å²) in [5, 5.41) is 5.38. The molecule has 0 aliphatic heterocycles. The Morgan fingerprint density at radius 2 is 1.78 bits per heavy atom. The van der Waals surface area contributed by atoms with Crippen LogP contribution in [0.25, 0.3) is 33.7 Å². The minimum Gasteiger partial charge on any atom is -0.480 e. The van der Waals surface area contributed by atoms with Crippen molar-refractivity contribution in [3.63, 3.8) is 0 Å². The molecule has 0 unspecified atom stereocenters. The Balaban J connectivity index is 1.26. The van der Waals surface area contributed by atoms with Crippen LogP contribution < -0.4 is 15.4 Å². The summed E-state index contributed by atoms with van der Waals surface area (Å²) >= 11 is 0. The van der Waals surface area contributed by atoms with Gasteiger partial charge in [0.05, 0.1) is 18.4 Å². The number of carbonyl (C=O) groups is 1. The lowest BCUT2D eigenvalue weighted by atomic mass is 10.1. The molecule has 2 aromatic carbocycles. The second-order valence-electron chi connectivity index (χ2n) is 12.3. The number of carbonyl (C=O) groups excluding carboxylic acids is 1. The van der Waals surface area contributed by atoms with Gasteiger partial charge in [0.15, 0.2) is 11.5 Å². The first-order valence-electron chi connectivity index (χ1n) is 15.8. The molecule has 1 fully saturated rings. The number of rotatable bonds is 11. The van der Waals surface area contributed by atoms with Gasteiger partial charge in [-0.2, -0.15) is 23.3 Å². The number of primary amides is 1. The zero-order chi connectivity index (χ0) is 35.2. The molecule has 1 aliphatic carbocycles. The van der Waals surface area contributed by atoms with E-state index in [4.69, 9.17) is 15.5 Å². The van der Waals surface area contributed by atoms with Crippen molar-refractivity contribution in [2.75, 3.05) is 12.0 Å². The number of aromatic nitrogens is 9. The van der Waals surface area contributed by atoms with E-state index in [1.165, 1.54) is 24.3 Å². The molecular formula is C34H32F3N11O2. The summed E-state index contributed by atoms with van der Waals surface area (Å²) < 4.78 is 49.4. The highest BCUT2D eigenvalue weighted by Gasteiger charge is 2.35. The lowest BCUT2D eigenvalue weighted by molar-refractivity contribution is -0.140. The van der Waals surface area contributed by atoms with Gasteiger partial charge in [0.1, 0.15) is 36.2 Å². The minimum atomic E-state index is -4.57. The van der Waals surface area contributed by atoms with Crippen molar-refractivity contribution in [3.8, 4) is 28.7 Å². The van der Waals surface area contributed by atoms with Gasteiger partial charge in [0, 0.05) is 41.8 Å². The van der Waals surface area contributed by atoms with Crippen LogP contribution in [0, 0.1) is 0 Å². The summed E-state index contributed by atoms with van der Waals surface area (Å²) in [4.78, 5) is 40.5. The number of fused-ring (bicyclic) bond motifs is 1. The number of imidazole rings is 1. The minimum absolute atomic E-state index is 0.155. The second kappa shape index (κ2) is 12.8. The van der Waals surface area contributed by atoms with E-state index in [0.717, 1.165) is 35.7 Å². The molecular weight excluding hydrogens is 651 g/mol. The Labute approximate surface area is 284 Å². The van der Waals surface area contributed by atoms with Gasteiger partial charge in [0.25, 0.3) is 5.91 Å². The SMILES string of the molecule is COc1ncnc(C2CC2)c1-c1ncnc(N(Cc2ccc(-c3nc(C(F)(F)F)cn3C(C)C)cc2)Cn2cc3cccc(C(N)=O)c3n2)n1. The summed E-state index contributed by atoms with van der Waals surface area (Å²) in [7, 11) is 1.53. The molecule has 4 aromatic heterocycles. The fraction of sp³-hybridized carbons (Fsp3) is 0.294. The Bertz CT molecular complexity index is 2190. The molecule has 0 saturated heterocycles. The fourth-order valence-electron chi connectivity index (χ4n) is 5.82. The normalized spacial score (nSPS) is 13.3. The number of nitrogens with two attached hydrogens (primary N) is 1. The number of hydrogen-bond donors (Lipinski definition) is 1. The quantitative estimate of drug-likeness (QED) is 0.177. The van der Waals surface area contributed by atoms with Crippen LogP contribution in [-0.4, -0.2) is 57.3 Å². The number of amides is 1. The smallest absolute Gasteiger partial charge is 0.434 e. The predicted octanol–water partition coefficient (Wildman–Crippen LogP) is 5.79. The molecule has 7 rings (SSSR count). The number of alkyl halides is 3. The Morgan fingerprint density at radius 3 is 2.46 bits per heavy atom. The molecule has 256 valence electrons. The highest BCUT2D eigenvalue weighted by molar-refractivity contribution is 6.04. The van der Waals surface area contributed by atoms with Crippen molar-refractivity contribution >= 4 is 22.8 Å². The number of nitrogens with zero attached hydrogens (tertiary/aromatic N) is 10. The third-order valence-electron chi connectivity index (χ3n) is 8.39. The van der Waals surface area contributed by atoms with Crippen molar-refractivity contribution in [2.45, 2.75) is 58.0 Å². The van der Waals surface area contributed by atoms with Gasteiger partial charge >= 0.3 is 6.18 Å². The lowest BCUT2D eigenvalue weighted by Gasteiger charge is -2.23. The number of halogens is 3. The van der Waals surface area contributed by atoms with Gasteiger partial charge in [-0.3, -0.25) is 9.48 Å². The second-order valence-corrected chi connectivity index (χ2v) is 12.3. The fourth-order valence-corrected chi connectivity index (χ4v) is 5.82. The molecule has 2 N–H and O–H groups in total. The van der Waals surface area contributed by atoms with Gasteiger partial charge in [-0.1, -0.05) is 36.4 Å². The average molecular weight is 684 g/mol. The summed E-state index contributed by atoms with van der Waals surface area (Å²) in [6.07, 6.45) is 3.12. The first kappa shape index (κ1) is 32.6. The largest absolute Gasteiger partial charge is 0.480 e. The van der Waals surface area contributed by atoms with E-state index in [1.807, 2.05) is 23.1 Å². The van der Waals surface area contributed by atoms with Gasteiger partial charge in [-0.05, 0) is 38.3 Å². The van der Waals surface area contributed by atoms with Gasteiger partial charge in [-0.25, -0.2) is 24.9 Å². The Morgan fingerprint density at radius 1 is 1.02 bits per heavy atom. The molecule has 13 nitrogen and oxygen atoms in total. The van der Waals surface area contributed by atoms with Crippen molar-refractivity contribution in [1.29, 1.82) is 0 Å². The molecule has 50 heavy (non-hydrogen) atoms. The standard InChI is InChI=1S/C34H32F3N11O2/c1-19(2)48-15-25(34(35,36)37)43-31(48)22-9-7-20(8-10-22)13-46(18-47-14-23-5-4-6-24(29(38)49)27(23)45-47)33-42-17-40-30(44-33)26-28(21-11-12-21)39-16-41-32(26)50-3/h4-10,14-17,19,21H,11-13,18H2,1-3H3,(H2,38,49). The highest BCUT2D eigenvalue weighted by Crippen LogP contribution is 2.45. The van der Waals surface area contributed by atoms with E-state index in [9.17, 15) is 18.0 Å². The van der Waals surface area contributed by atoms with Crippen LogP contribution in [0.2, 0.25) is 0 Å². The zero-order valence-corrected chi connectivity index (χ0v) is 27.3. The van der Waals surface area contributed by atoms with E-state index in [2.05, 4.69) is 30.0 Å². The molecule has 0 bridgehead atoms. The molecule has 1 saturated carbocycles. The van der Waals surface area contributed by atoms with Crippen LogP contribution in [0.3, 0.4) is 0 Å². The van der Waals surface area contributed by atoms with Crippen LogP contribution in [0.15, 0.2) is 67.5 Å². The van der Waals surface area contributed by atoms with E-state index in [0.29, 0.717) is 39.9 Å². The first-order valence-corrected chi connectivity index (χ1v) is 15.8. The summed E-state index contributed by atoms with van der Waals surface area (Å²) in [5.74, 6) is 0.893. The summed E-state index contributed by atoms with van der Waals surface area (Å²) in [6, 6.07) is 12.1. The maximum Gasteiger partial charge on any atom is 0.434 e. The third-order valence-corrected chi connectivity index (χ3v) is 8.39. The number of anilines is 1. The average Bonchev–Trinajstić information content (AvgIpc) is 3.69. The van der Waals surface area contributed by atoms with Crippen molar-refractivity contribution < 1.29 is 22.7 Å². The molecule has 0 spiro atoms. The van der Waals surface area contributed by atoms with E-state index in [-0.39, 0.29) is 31.0 Å². The molecule has 6 aromatic rings. The molecule has 4 heterocycles. The monoisotopic (exact) mass is 683 g/mol. The van der Waals surface area contributed by atoms with Crippen molar-refractivity contribution in [3.05, 3.63) is 90.0 Å². The van der Waals surface area contributed by atoms with Crippen LogP contribution in [-0.2, 0) is 19.4 Å². The lowest BCUT2D eigenvalue weighted by Crippen LogP contribution is -2.28. The molecule has 1 aliphatic rings. The molecule has 1 amide bonds. The zero-order valence-electron chi connectivity index (χ0n) is 27.3. The summed E-state index contributed by atoms with van der Waals surface area (Å²) in [6.45, 7) is 4.03. The number of benzene rings is 2. The number of hydrogen-bond acceptors (Lipinski definition) is 10. The number of ether oxygens (including phenoxy) is 1. The molecule has 0 radical (unpaired) electrons. The van der Waals surface area contributed by atoms with E-state index in [1.54, 1.807) is 49.0 Å². The van der Waals surface area contributed by atoms with Crippen LogP contribution in [0.4, 0.5) is 19.1 Å². The van der Waals surface area contributed by atoms with Gasteiger partial charge in [-0.15, -0.1) is 0 Å². The number of methoxy groups -OCH3 is 1. The van der Waals surface area contributed by atoms with Crippen molar-refractivity contribution in [1.82, 2.24) is 44.3 Å². The van der Waals surface area contributed by atoms with Crippen LogP contribution in [0.1, 0.15) is 66.0 Å². The third kappa shape index (κ3) is 6.43. The molecule has 16 heteroatoms. The van der Waals surface area contributed by atoms with E-state index >= 15 is 0 Å². The molecule has 0 atom stereocenters. The van der Waals surface area contributed by atoms with Gasteiger partial charge in [0.2, 0.25) is 11.8 Å². The van der Waals surface area contributed by atoms with Crippen LogP contribution >= 0.6 is 0 Å². The van der Waals surface area contributed by atoms with Crippen molar-refractivity contribution in [2.24, 2.45) is 5.73 Å². The topological polar surface area (TPSA) is 156 Å². The first-order chi connectivity index (χ1) is 24.0. The van der Waals surface area contributed by atoms with Crippen LogP contribution in [0.5, 0.6) is 5.88 Å². The Hall–Kier alpha value is -5.93. The predicted molar refractivity (Wildman–Crippen MR) is 177 cm³/mol. The maximum absolute atomic E-state index is 13.5. The Kier molecular flexibility index (Phi) is 8.37. The van der Waals surface area contributed by atoms with Gasteiger partial charge < -0.3 is 19.9 Å².